The van der Waals surface area contributed by atoms with Gasteiger partial charge in [-0.15, -0.1) is 0 Å². The number of sulfonamides is 1. The average Bonchev–Trinajstić information content (AvgIpc) is 2.82. The van der Waals surface area contributed by atoms with Crippen LogP contribution in [-0.2, 0) is 10.0 Å². The highest BCUT2D eigenvalue weighted by Gasteiger charge is 2.24. The van der Waals surface area contributed by atoms with Gasteiger partial charge >= 0.3 is 5.97 Å². The number of hydrogen-bond acceptors (Lipinski definition) is 4. The molecule has 2 aromatic rings. The Morgan fingerprint density at radius 1 is 1.32 bits per heavy atom. The number of carbonyl (C=O) groups is 1. The SMILES string of the molecule is O=C(O)c1cn[nH]c1S(=O)(=O)Nc1ccc(Br)cc1. The van der Waals surface area contributed by atoms with Crippen LogP contribution in [0.5, 0.6) is 0 Å². The number of H-pyrrole nitrogens is 1. The van der Waals surface area contributed by atoms with E-state index in [4.69, 9.17) is 5.11 Å². The van der Waals surface area contributed by atoms with E-state index < -0.39 is 26.6 Å². The molecule has 9 heteroatoms. The van der Waals surface area contributed by atoms with Crippen LogP contribution in [0, 0.1) is 0 Å². The molecular formula is C10H8BrN3O4S. The first-order chi connectivity index (χ1) is 8.90. The molecule has 0 radical (unpaired) electrons. The van der Waals surface area contributed by atoms with E-state index in [9.17, 15) is 13.2 Å². The van der Waals surface area contributed by atoms with E-state index in [0.29, 0.717) is 5.69 Å². The topological polar surface area (TPSA) is 112 Å². The zero-order valence-electron chi connectivity index (χ0n) is 9.29. The van der Waals surface area contributed by atoms with Crippen molar-refractivity contribution in [1.82, 2.24) is 10.2 Å². The van der Waals surface area contributed by atoms with E-state index in [1.165, 1.54) is 0 Å². The minimum absolute atomic E-state index is 0.314. The molecular weight excluding hydrogens is 338 g/mol. The molecule has 0 bridgehead atoms. The zero-order valence-corrected chi connectivity index (χ0v) is 11.7. The van der Waals surface area contributed by atoms with Crippen LogP contribution in [0.4, 0.5) is 5.69 Å². The van der Waals surface area contributed by atoms with E-state index in [-0.39, 0.29) is 0 Å². The van der Waals surface area contributed by atoms with Gasteiger partial charge in [0.1, 0.15) is 5.56 Å². The van der Waals surface area contributed by atoms with Gasteiger partial charge in [-0.1, -0.05) is 15.9 Å². The summed E-state index contributed by atoms with van der Waals surface area (Å²) in [5.41, 5.74) is -0.0984. The molecule has 0 unspecified atom stereocenters. The number of rotatable bonds is 4. The molecule has 1 aromatic carbocycles. The average molecular weight is 346 g/mol. The minimum Gasteiger partial charge on any atom is -0.478 e. The number of aromatic carboxylic acids is 1. The molecule has 0 spiro atoms. The summed E-state index contributed by atoms with van der Waals surface area (Å²) in [5, 5.41) is 14.0. The number of hydrogen-bond donors (Lipinski definition) is 3. The van der Waals surface area contributed by atoms with E-state index in [0.717, 1.165) is 10.7 Å². The van der Waals surface area contributed by atoms with Crippen molar-refractivity contribution >= 4 is 37.6 Å². The van der Waals surface area contributed by atoms with Gasteiger partial charge in [0.15, 0.2) is 5.03 Å². The van der Waals surface area contributed by atoms with Gasteiger partial charge in [0.05, 0.1) is 6.20 Å². The smallest absolute Gasteiger partial charge is 0.340 e. The minimum atomic E-state index is -4.02. The van der Waals surface area contributed by atoms with Crippen molar-refractivity contribution in [2.45, 2.75) is 5.03 Å². The number of anilines is 1. The molecule has 3 N–H and O–H groups in total. The highest BCUT2D eigenvalue weighted by molar-refractivity contribution is 9.10. The summed E-state index contributed by atoms with van der Waals surface area (Å²) in [6.07, 6.45) is 0.943. The van der Waals surface area contributed by atoms with Gasteiger partial charge in [0, 0.05) is 10.2 Å². The summed E-state index contributed by atoms with van der Waals surface area (Å²) in [7, 11) is -4.02. The third-order valence-corrected chi connectivity index (χ3v) is 4.08. The van der Waals surface area contributed by atoms with Crippen LogP contribution in [0.15, 0.2) is 40.0 Å². The Morgan fingerprint density at radius 3 is 2.53 bits per heavy atom. The fourth-order valence-corrected chi connectivity index (χ4v) is 2.77. The van der Waals surface area contributed by atoms with Gasteiger partial charge in [-0.3, -0.25) is 9.82 Å². The highest BCUT2D eigenvalue weighted by Crippen LogP contribution is 2.19. The van der Waals surface area contributed by atoms with Crippen molar-refractivity contribution in [3.8, 4) is 0 Å². The molecule has 19 heavy (non-hydrogen) atoms. The highest BCUT2D eigenvalue weighted by atomic mass is 79.9. The van der Waals surface area contributed by atoms with Crippen LogP contribution < -0.4 is 4.72 Å². The zero-order chi connectivity index (χ0) is 14.0. The van der Waals surface area contributed by atoms with Crippen LogP contribution in [0.1, 0.15) is 10.4 Å². The predicted octanol–water partition coefficient (Wildman–Crippen LogP) is 1.67. The van der Waals surface area contributed by atoms with Gasteiger partial charge < -0.3 is 5.11 Å². The lowest BCUT2D eigenvalue weighted by atomic mass is 10.3. The third-order valence-electron chi connectivity index (χ3n) is 2.20. The van der Waals surface area contributed by atoms with Gasteiger partial charge in [0.25, 0.3) is 10.0 Å². The Labute approximate surface area is 116 Å². The van der Waals surface area contributed by atoms with E-state index in [1.807, 2.05) is 0 Å². The van der Waals surface area contributed by atoms with Gasteiger partial charge in [-0.05, 0) is 24.3 Å². The monoisotopic (exact) mass is 345 g/mol. The number of halogens is 1. The Kier molecular flexibility index (Phi) is 3.58. The summed E-state index contributed by atoms with van der Waals surface area (Å²) >= 11 is 3.22. The second-order valence-corrected chi connectivity index (χ2v) is 6.07. The maximum Gasteiger partial charge on any atom is 0.340 e. The van der Waals surface area contributed by atoms with Gasteiger partial charge in [-0.2, -0.15) is 13.5 Å². The summed E-state index contributed by atoms with van der Waals surface area (Å²) in [4.78, 5) is 10.9. The first kappa shape index (κ1) is 13.6. The van der Waals surface area contributed by atoms with Crippen LogP contribution in [-0.4, -0.2) is 29.7 Å². The number of carboxylic acid groups (broad SMARTS) is 1. The molecule has 0 saturated carbocycles. The molecule has 100 valence electrons. The lowest BCUT2D eigenvalue weighted by molar-refractivity contribution is 0.0692. The fourth-order valence-electron chi connectivity index (χ4n) is 1.36. The van der Waals surface area contributed by atoms with Crippen molar-refractivity contribution in [2.24, 2.45) is 0 Å². The lowest BCUT2D eigenvalue weighted by Crippen LogP contribution is -2.16. The molecule has 0 atom stereocenters. The van der Waals surface area contributed by atoms with Crippen molar-refractivity contribution in [3.63, 3.8) is 0 Å². The molecule has 0 aliphatic rings. The molecule has 0 saturated heterocycles. The van der Waals surface area contributed by atoms with E-state index in [2.05, 4.69) is 30.8 Å². The number of benzene rings is 1. The van der Waals surface area contributed by atoms with E-state index >= 15 is 0 Å². The first-order valence-corrected chi connectivity index (χ1v) is 7.23. The normalized spacial score (nSPS) is 11.2. The van der Waals surface area contributed by atoms with Crippen LogP contribution in [0.25, 0.3) is 0 Å². The second-order valence-electron chi connectivity index (χ2n) is 3.53. The van der Waals surface area contributed by atoms with E-state index in [1.54, 1.807) is 24.3 Å². The van der Waals surface area contributed by atoms with Crippen LogP contribution >= 0.6 is 15.9 Å². The molecule has 2 rings (SSSR count). The van der Waals surface area contributed by atoms with Gasteiger partial charge in [0.2, 0.25) is 0 Å². The number of nitrogens with one attached hydrogen (secondary N) is 2. The first-order valence-electron chi connectivity index (χ1n) is 4.95. The maximum atomic E-state index is 12.0. The van der Waals surface area contributed by atoms with Crippen LogP contribution in [0.2, 0.25) is 0 Å². The number of carboxylic acids is 1. The van der Waals surface area contributed by atoms with Crippen molar-refractivity contribution in [1.29, 1.82) is 0 Å². The predicted molar refractivity (Wildman–Crippen MR) is 70.5 cm³/mol. The maximum absolute atomic E-state index is 12.0. The Bertz CT molecular complexity index is 709. The molecule has 7 nitrogen and oxygen atoms in total. The second kappa shape index (κ2) is 5.02. The quantitative estimate of drug-likeness (QED) is 0.780. The summed E-state index contributed by atoms with van der Waals surface area (Å²) in [5.74, 6) is -1.37. The molecule has 0 fully saturated rings. The van der Waals surface area contributed by atoms with Crippen molar-refractivity contribution in [3.05, 3.63) is 40.5 Å². The molecule has 1 aromatic heterocycles. The molecule has 0 aliphatic heterocycles. The Morgan fingerprint density at radius 2 is 1.95 bits per heavy atom. The largest absolute Gasteiger partial charge is 0.478 e. The lowest BCUT2D eigenvalue weighted by Gasteiger charge is -2.06. The summed E-state index contributed by atoms with van der Waals surface area (Å²) < 4.78 is 27.1. The Hall–Kier alpha value is -1.87. The number of aromatic nitrogens is 2. The van der Waals surface area contributed by atoms with Crippen LogP contribution in [0.3, 0.4) is 0 Å². The fraction of sp³-hybridized carbons (Fsp3) is 0. The number of nitrogens with zero attached hydrogens (tertiary/aromatic N) is 1. The Balaban J connectivity index is 2.35. The summed E-state index contributed by atoms with van der Waals surface area (Å²) in [6, 6.07) is 6.39. The third kappa shape index (κ3) is 2.93. The van der Waals surface area contributed by atoms with Crippen molar-refractivity contribution < 1.29 is 18.3 Å². The molecule has 1 heterocycles. The molecule has 0 amide bonds. The molecule has 0 aliphatic carbocycles. The summed E-state index contributed by atoms with van der Waals surface area (Å²) in [6.45, 7) is 0. The van der Waals surface area contributed by atoms with Crippen molar-refractivity contribution in [2.75, 3.05) is 4.72 Å². The number of aromatic amines is 1. The standard InChI is InChI=1S/C10H8BrN3O4S/c11-6-1-3-7(4-2-6)14-19(17,18)9-8(10(15)16)5-12-13-9/h1-5,14H,(H,12,13)(H,15,16). The van der Waals surface area contributed by atoms with Gasteiger partial charge in [-0.25, -0.2) is 4.79 Å².